The second-order valence-corrected chi connectivity index (χ2v) is 6.75. The average molecular weight is 402 g/mol. The predicted molar refractivity (Wildman–Crippen MR) is 99.3 cm³/mol. The van der Waals surface area contributed by atoms with Crippen molar-refractivity contribution in [1.29, 1.82) is 0 Å². The maximum Gasteiger partial charge on any atom is 0.417 e. The number of nitrogens with one attached hydrogen (secondary N) is 1. The summed E-state index contributed by atoms with van der Waals surface area (Å²) in [6.45, 7) is 1.03. The minimum atomic E-state index is -4.41. The first-order chi connectivity index (χ1) is 13.9. The van der Waals surface area contributed by atoms with E-state index in [0.717, 1.165) is 17.8 Å². The molecule has 0 spiro atoms. The van der Waals surface area contributed by atoms with Crippen LogP contribution in [0.5, 0.6) is 0 Å². The zero-order chi connectivity index (χ0) is 20.4. The number of amides is 1. The van der Waals surface area contributed by atoms with E-state index in [1.165, 1.54) is 6.07 Å². The molecule has 0 aliphatic carbocycles. The Morgan fingerprint density at radius 3 is 2.66 bits per heavy atom. The highest BCUT2D eigenvalue weighted by molar-refractivity contribution is 5.93. The van der Waals surface area contributed by atoms with Crippen LogP contribution in [-0.4, -0.2) is 35.2 Å². The number of pyridine rings is 1. The molecule has 3 aromatic rings. The van der Waals surface area contributed by atoms with Gasteiger partial charge in [-0.05, 0) is 18.6 Å². The van der Waals surface area contributed by atoms with Gasteiger partial charge in [0.1, 0.15) is 5.82 Å². The van der Waals surface area contributed by atoms with Gasteiger partial charge in [-0.2, -0.15) is 13.2 Å². The summed E-state index contributed by atoms with van der Waals surface area (Å²) < 4.78 is 43.2. The van der Waals surface area contributed by atoms with Gasteiger partial charge >= 0.3 is 6.18 Å². The molecule has 1 saturated heterocycles. The van der Waals surface area contributed by atoms with Crippen LogP contribution in [0.2, 0.25) is 0 Å². The molecule has 4 rings (SSSR count). The van der Waals surface area contributed by atoms with E-state index >= 15 is 0 Å². The van der Waals surface area contributed by atoms with Crippen molar-refractivity contribution in [3.05, 3.63) is 66.0 Å². The van der Waals surface area contributed by atoms with Crippen LogP contribution < -0.4 is 10.2 Å². The summed E-state index contributed by atoms with van der Waals surface area (Å²) >= 11 is 0. The quantitative estimate of drug-likeness (QED) is 0.720. The normalized spacial score (nSPS) is 16.8. The number of halogens is 3. The third kappa shape index (κ3) is 4.23. The van der Waals surface area contributed by atoms with Crippen LogP contribution in [0.15, 0.2) is 59.3 Å². The molecule has 9 heteroatoms. The summed E-state index contributed by atoms with van der Waals surface area (Å²) in [4.78, 5) is 18.2. The van der Waals surface area contributed by atoms with Crippen LogP contribution in [0.1, 0.15) is 22.5 Å². The smallest absolute Gasteiger partial charge is 0.355 e. The number of carbonyl (C=O) groups excluding carboxylic acids is 1. The highest BCUT2D eigenvalue weighted by Crippen LogP contribution is 2.30. The zero-order valence-corrected chi connectivity index (χ0v) is 15.2. The monoisotopic (exact) mass is 402 g/mol. The van der Waals surface area contributed by atoms with E-state index in [2.05, 4.69) is 15.5 Å². The predicted octanol–water partition coefficient (Wildman–Crippen LogP) is 3.76. The fourth-order valence-corrected chi connectivity index (χ4v) is 3.21. The lowest BCUT2D eigenvalue weighted by molar-refractivity contribution is -0.137. The molecule has 1 fully saturated rings. The molecule has 0 bridgehead atoms. The van der Waals surface area contributed by atoms with E-state index in [1.54, 1.807) is 6.07 Å². The number of alkyl halides is 3. The standard InChI is InChI=1S/C20H17F3N4O2/c21-20(22,23)14-6-7-18(24-11-14)27-9-8-15(12-27)25-19(28)16-10-17(29-26-16)13-4-2-1-3-5-13/h1-7,10-11,15H,8-9,12H2,(H,25,28). The van der Waals surface area contributed by atoms with Crippen molar-refractivity contribution in [2.45, 2.75) is 18.6 Å². The third-order valence-electron chi connectivity index (χ3n) is 4.72. The van der Waals surface area contributed by atoms with Crippen LogP contribution in [0.25, 0.3) is 11.3 Å². The maximum absolute atomic E-state index is 12.7. The molecule has 2 aromatic heterocycles. The van der Waals surface area contributed by atoms with E-state index in [0.29, 0.717) is 31.1 Å². The van der Waals surface area contributed by atoms with Crippen molar-refractivity contribution in [2.24, 2.45) is 0 Å². The highest BCUT2D eigenvalue weighted by atomic mass is 19.4. The van der Waals surface area contributed by atoms with Gasteiger partial charge in [0.15, 0.2) is 11.5 Å². The lowest BCUT2D eigenvalue weighted by atomic mass is 10.1. The van der Waals surface area contributed by atoms with Crippen molar-refractivity contribution in [1.82, 2.24) is 15.5 Å². The van der Waals surface area contributed by atoms with Gasteiger partial charge in [-0.1, -0.05) is 35.5 Å². The number of hydrogen-bond donors (Lipinski definition) is 1. The number of aromatic nitrogens is 2. The fourth-order valence-electron chi connectivity index (χ4n) is 3.21. The highest BCUT2D eigenvalue weighted by Gasteiger charge is 2.31. The van der Waals surface area contributed by atoms with Crippen LogP contribution in [0.3, 0.4) is 0 Å². The van der Waals surface area contributed by atoms with E-state index < -0.39 is 11.7 Å². The number of rotatable bonds is 4. The Hall–Kier alpha value is -3.36. The molecular formula is C20H17F3N4O2. The Kier molecular flexibility index (Phi) is 4.96. The molecule has 1 aliphatic heterocycles. The average Bonchev–Trinajstić information content (AvgIpc) is 3.38. The molecule has 150 valence electrons. The summed E-state index contributed by atoms with van der Waals surface area (Å²) in [5.74, 6) is 0.587. The molecule has 1 atom stereocenters. The molecule has 29 heavy (non-hydrogen) atoms. The van der Waals surface area contributed by atoms with Gasteiger partial charge in [0.2, 0.25) is 0 Å². The molecule has 1 amide bonds. The lowest BCUT2D eigenvalue weighted by Gasteiger charge is -2.18. The maximum atomic E-state index is 12.7. The van der Waals surface area contributed by atoms with Gasteiger partial charge in [-0.25, -0.2) is 4.98 Å². The van der Waals surface area contributed by atoms with Crippen molar-refractivity contribution in [3.8, 4) is 11.3 Å². The van der Waals surface area contributed by atoms with Gasteiger partial charge < -0.3 is 14.7 Å². The number of hydrogen-bond acceptors (Lipinski definition) is 5. The lowest BCUT2D eigenvalue weighted by Crippen LogP contribution is -2.37. The van der Waals surface area contributed by atoms with E-state index in [9.17, 15) is 18.0 Å². The number of nitrogens with zero attached hydrogens (tertiary/aromatic N) is 3. The van der Waals surface area contributed by atoms with Gasteiger partial charge in [0.25, 0.3) is 5.91 Å². The first-order valence-corrected chi connectivity index (χ1v) is 9.01. The van der Waals surface area contributed by atoms with Gasteiger partial charge in [0.05, 0.1) is 5.56 Å². The first kappa shape index (κ1) is 19.0. The molecule has 3 heterocycles. The second kappa shape index (κ2) is 7.57. The Labute approximate surface area is 164 Å². The summed E-state index contributed by atoms with van der Waals surface area (Å²) in [7, 11) is 0. The van der Waals surface area contributed by atoms with Crippen molar-refractivity contribution < 1.29 is 22.5 Å². The molecule has 1 aromatic carbocycles. The minimum Gasteiger partial charge on any atom is -0.355 e. The molecule has 1 N–H and O–H groups in total. The van der Waals surface area contributed by atoms with Crippen molar-refractivity contribution in [2.75, 3.05) is 18.0 Å². The minimum absolute atomic E-state index is 0.163. The number of anilines is 1. The Morgan fingerprint density at radius 1 is 1.17 bits per heavy atom. The van der Waals surface area contributed by atoms with Crippen LogP contribution in [-0.2, 0) is 6.18 Å². The third-order valence-corrected chi connectivity index (χ3v) is 4.72. The van der Waals surface area contributed by atoms with Crippen LogP contribution in [0, 0.1) is 0 Å². The largest absolute Gasteiger partial charge is 0.417 e. The van der Waals surface area contributed by atoms with E-state index in [4.69, 9.17) is 4.52 Å². The number of carbonyl (C=O) groups is 1. The number of benzene rings is 1. The topological polar surface area (TPSA) is 71.3 Å². The van der Waals surface area contributed by atoms with Crippen molar-refractivity contribution in [3.63, 3.8) is 0 Å². The Bertz CT molecular complexity index is 987. The molecule has 1 aliphatic rings. The summed E-state index contributed by atoms with van der Waals surface area (Å²) in [6, 6.07) is 13.1. The molecular weight excluding hydrogens is 385 g/mol. The molecule has 6 nitrogen and oxygen atoms in total. The zero-order valence-electron chi connectivity index (χ0n) is 15.2. The summed E-state index contributed by atoms with van der Waals surface area (Å²) in [5.41, 5.74) is 0.208. The van der Waals surface area contributed by atoms with Gasteiger partial charge in [-0.15, -0.1) is 0 Å². The van der Waals surface area contributed by atoms with Crippen LogP contribution >= 0.6 is 0 Å². The first-order valence-electron chi connectivity index (χ1n) is 9.01. The van der Waals surface area contributed by atoms with Crippen LogP contribution in [0.4, 0.5) is 19.0 Å². The van der Waals surface area contributed by atoms with Gasteiger partial charge in [-0.3, -0.25) is 4.79 Å². The van der Waals surface area contributed by atoms with Gasteiger partial charge in [0, 0.05) is 37.0 Å². The van der Waals surface area contributed by atoms with Crippen molar-refractivity contribution >= 4 is 11.7 Å². The molecule has 1 unspecified atom stereocenters. The molecule has 0 saturated carbocycles. The van der Waals surface area contributed by atoms with E-state index in [-0.39, 0.29) is 17.6 Å². The fraction of sp³-hybridized carbons (Fsp3) is 0.250. The SMILES string of the molecule is O=C(NC1CCN(c2ccc(C(F)(F)F)cn2)C1)c1cc(-c2ccccc2)on1. The molecule has 0 radical (unpaired) electrons. The Balaban J connectivity index is 1.36. The Morgan fingerprint density at radius 2 is 1.97 bits per heavy atom. The summed E-state index contributed by atoms with van der Waals surface area (Å²) in [6.07, 6.45) is -2.94. The second-order valence-electron chi connectivity index (χ2n) is 6.75. The van der Waals surface area contributed by atoms with E-state index in [1.807, 2.05) is 35.2 Å². The summed E-state index contributed by atoms with van der Waals surface area (Å²) in [5, 5.41) is 6.71.